The average Bonchev–Trinajstić information content (AvgIpc) is 3.01. The van der Waals surface area contributed by atoms with Crippen molar-refractivity contribution in [3.8, 4) is 11.8 Å². The normalized spacial score (nSPS) is 10.9. The number of nitrogens with zero attached hydrogens (tertiary/aromatic N) is 3. The highest BCUT2D eigenvalue weighted by atomic mass is 32.1. The Morgan fingerprint density at radius 1 is 1.43 bits per heavy atom. The standard InChI is InChI=1S/C16H16N4O2S/c1-3-14-19-20-16(23-14)18-15(21)12(10-17)8-11-6-5-7-13(9-11)22-4-2/h5-9H,3-4H2,1-2H3,(H,18,20,21)/b12-8-. The molecule has 0 radical (unpaired) electrons. The van der Waals surface area contributed by atoms with Gasteiger partial charge in [-0.25, -0.2) is 0 Å². The summed E-state index contributed by atoms with van der Waals surface area (Å²) in [4.78, 5) is 12.2. The van der Waals surface area contributed by atoms with E-state index in [1.54, 1.807) is 12.1 Å². The molecule has 0 unspecified atom stereocenters. The van der Waals surface area contributed by atoms with Crippen LogP contribution in [0.25, 0.3) is 6.08 Å². The van der Waals surface area contributed by atoms with Gasteiger partial charge in [0, 0.05) is 0 Å². The highest BCUT2D eigenvalue weighted by Gasteiger charge is 2.12. The Morgan fingerprint density at radius 2 is 2.26 bits per heavy atom. The maximum atomic E-state index is 12.2. The lowest BCUT2D eigenvalue weighted by Crippen LogP contribution is -2.13. The molecule has 1 amide bonds. The predicted octanol–water partition coefficient (Wildman–Crippen LogP) is 3.04. The SMILES string of the molecule is CCOc1cccc(/C=C(/C#N)C(=O)Nc2nnc(CC)s2)c1. The van der Waals surface area contributed by atoms with Crippen LogP contribution in [-0.2, 0) is 11.2 Å². The van der Waals surface area contributed by atoms with E-state index in [0.717, 1.165) is 11.4 Å². The Balaban J connectivity index is 2.16. The second-order valence-electron chi connectivity index (χ2n) is 4.48. The lowest BCUT2D eigenvalue weighted by Gasteiger charge is -2.04. The van der Waals surface area contributed by atoms with E-state index in [0.29, 0.717) is 23.1 Å². The largest absolute Gasteiger partial charge is 0.494 e. The highest BCUT2D eigenvalue weighted by Crippen LogP contribution is 2.18. The van der Waals surface area contributed by atoms with Gasteiger partial charge in [0.1, 0.15) is 22.4 Å². The summed E-state index contributed by atoms with van der Waals surface area (Å²) in [6.07, 6.45) is 2.26. The first-order valence-electron chi connectivity index (χ1n) is 7.14. The minimum absolute atomic E-state index is 0.00750. The third kappa shape index (κ3) is 4.63. The molecule has 1 heterocycles. The molecule has 0 aliphatic carbocycles. The van der Waals surface area contributed by atoms with E-state index in [1.165, 1.54) is 17.4 Å². The summed E-state index contributed by atoms with van der Waals surface area (Å²) in [5.41, 5.74) is 0.709. The van der Waals surface area contributed by atoms with Crippen molar-refractivity contribution in [3.63, 3.8) is 0 Å². The van der Waals surface area contributed by atoms with Crippen LogP contribution < -0.4 is 10.1 Å². The number of anilines is 1. The molecule has 1 aromatic heterocycles. The van der Waals surface area contributed by atoms with Crippen LogP contribution in [-0.4, -0.2) is 22.7 Å². The number of hydrogen-bond donors (Lipinski definition) is 1. The van der Waals surface area contributed by atoms with Crippen molar-refractivity contribution >= 4 is 28.5 Å². The number of rotatable bonds is 6. The van der Waals surface area contributed by atoms with Gasteiger partial charge < -0.3 is 4.74 Å². The third-order valence-electron chi connectivity index (χ3n) is 2.83. The van der Waals surface area contributed by atoms with Crippen LogP contribution in [0.3, 0.4) is 0 Å². The summed E-state index contributed by atoms with van der Waals surface area (Å²) in [5.74, 6) is 0.184. The zero-order valence-electron chi connectivity index (χ0n) is 12.9. The molecule has 2 rings (SSSR count). The van der Waals surface area contributed by atoms with E-state index in [-0.39, 0.29) is 5.57 Å². The highest BCUT2D eigenvalue weighted by molar-refractivity contribution is 7.15. The van der Waals surface area contributed by atoms with E-state index in [4.69, 9.17) is 4.74 Å². The Bertz CT molecular complexity index is 761. The van der Waals surface area contributed by atoms with Gasteiger partial charge in [-0.2, -0.15) is 5.26 Å². The summed E-state index contributed by atoms with van der Waals surface area (Å²) in [6.45, 7) is 4.40. The number of carbonyl (C=O) groups is 1. The number of hydrogen-bond acceptors (Lipinski definition) is 6. The Labute approximate surface area is 138 Å². The van der Waals surface area contributed by atoms with Gasteiger partial charge in [-0.1, -0.05) is 30.4 Å². The molecule has 0 aliphatic rings. The smallest absolute Gasteiger partial charge is 0.268 e. The second kappa shape index (κ2) is 8.06. The quantitative estimate of drug-likeness (QED) is 0.650. The van der Waals surface area contributed by atoms with Gasteiger partial charge >= 0.3 is 0 Å². The minimum atomic E-state index is -0.506. The monoisotopic (exact) mass is 328 g/mol. The number of benzene rings is 1. The molecule has 1 aromatic carbocycles. The first-order valence-corrected chi connectivity index (χ1v) is 7.96. The van der Waals surface area contributed by atoms with Crippen LogP contribution in [0.15, 0.2) is 29.8 Å². The number of amides is 1. The fourth-order valence-electron chi connectivity index (χ4n) is 1.79. The van der Waals surface area contributed by atoms with Gasteiger partial charge in [-0.3, -0.25) is 10.1 Å². The molecule has 0 atom stereocenters. The molecule has 7 heteroatoms. The zero-order valence-corrected chi connectivity index (χ0v) is 13.7. The number of carbonyl (C=O) groups excluding carboxylic acids is 1. The summed E-state index contributed by atoms with van der Waals surface area (Å²) in [6, 6.07) is 9.11. The minimum Gasteiger partial charge on any atom is -0.494 e. The maximum Gasteiger partial charge on any atom is 0.268 e. The zero-order chi connectivity index (χ0) is 16.7. The molecule has 0 spiro atoms. The molecule has 2 aromatic rings. The summed E-state index contributed by atoms with van der Waals surface area (Å²) in [7, 11) is 0. The molecular weight excluding hydrogens is 312 g/mol. The second-order valence-corrected chi connectivity index (χ2v) is 5.55. The van der Waals surface area contributed by atoms with E-state index >= 15 is 0 Å². The van der Waals surface area contributed by atoms with Crippen LogP contribution >= 0.6 is 11.3 Å². The molecule has 1 N–H and O–H groups in total. The first-order chi connectivity index (χ1) is 11.2. The number of ether oxygens (including phenoxy) is 1. The van der Waals surface area contributed by atoms with Crippen LogP contribution in [0.2, 0.25) is 0 Å². The van der Waals surface area contributed by atoms with Gasteiger partial charge in [0.2, 0.25) is 5.13 Å². The molecule has 6 nitrogen and oxygen atoms in total. The summed E-state index contributed by atoms with van der Waals surface area (Å²) < 4.78 is 5.40. The van der Waals surface area contributed by atoms with Gasteiger partial charge in [0.05, 0.1) is 6.61 Å². The molecule has 0 saturated heterocycles. The number of nitriles is 1. The van der Waals surface area contributed by atoms with Crippen molar-refractivity contribution in [3.05, 3.63) is 40.4 Å². The van der Waals surface area contributed by atoms with E-state index < -0.39 is 5.91 Å². The van der Waals surface area contributed by atoms with Crippen LogP contribution in [0.1, 0.15) is 24.4 Å². The maximum absolute atomic E-state index is 12.2. The molecular formula is C16H16N4O2S. The molecule has 23 heavy (non-hydrogen) atoms. The van der Waals surface area contributed by atoms with E-state index in [1.807, 2.05) is 32.0 Å². The molecule has 118 valence electrons. The summed E-state index contributed by atoms with van der Waals surface area (Å²) >= 11 is 1.29. The molecule has 0 saturated carbocycles. The molecule has 0 aliphatic heterocycles. The fourth-order valence-corrected chi connectivity index (χ4v) is 2.46. The third-order valence-corrected chi connectivity index (χ3v) is 3.82. The number of nitrogens with one attached hydrogen (secondary N) is 1. The Kier molecular flexibility index (Phi) is 5.83. The van der Waals surface area contributed by atoms with Gasteiger partial charge in [-0.15, -0.1) is 10.2 Å². The van der Waals surface area contributed by atoms with Crippen LogP contribution in [0, 0.1) is 11.3 Å². The van der Waals surface area contributed by atoms with Crippen molar-refractivity contribution in [1.82, 2.24) is 10.2 Å². The molecule has 0 bridgehead atoms. The van der Waals surface area contributed by atoms with Crippen molar-refractivity contribution in [2.75, 3.05) is 11.9 Å². The van der Waals surface area contributed by atoms with Crippen molar-refractivity contribution in [2.24, 2.45) is 0 Å². The molecule has 0 fully saturated rings. The van der Waals surface area contributed by atoms with E-state index in [2.05, 4.69) is 15.5 Å². The first kappa shape index (κ1) is 16.6. The van der Waals surface area contributed by atoms with Crippen molar-refractivity contribution in [2.45, 2.75) is 20.3 Å². The van der Waals surface area contributed by atoms with Gasteiger partial charge in [-0.05, 0) is 37.1 Å². The van der Waals surface area contributed by atoms with Gasteiger partial charge in [0.25, 0.3) is 5.91 Å². The van der Waals surface area contributed by atoms with Crippen LogP contribution in [0.4, 0.5) is 5.13 Å². The van der Waals surface area contributed by atoms with Crippen molar-refractivity contribution in [1.29, 1.82) is 5.26 Å². The Morgan fingerprint density at radius 3 is 2.91 bits per heavy atom. The lowest BCUT2D eigenvalue weighted by molar-refractivity contribution is -0.112. The Hall–Kier alpha value is -2.72. The summed E-state index contributed by atoms with van der Waals surface area (Å²) in [5, 5.41) is 20.8. The van der Waals surface area contributed by atoms with Crippen LogP contribution in [0.5, 0.6) is 5.75 Å². The average molecular weight is 328 g/mol. The van der Waals surface area contributed by atoms with E-state index in [9.17, 15) is 10.1 Å². The van der Waals surface area contributed by atoms with Gasteiger partial charge in [0.15, 0.2) is 0 Å². The number of aryl methyl sites for hydroxylation is 1. The lowest BCUT2D eigenvalue weighted by atomic mass is 10.1. The number of aromatic nitrogens is 2. The van der Waals surface area contributed by atoms with Crippen molar-refractivity contribution < 1.29 is 9.53 Å². The predicted molar refractivity (Wildman–Crippen MR) is 89.1 cm³/mol. The fraction of sp³-hybridized carbons (Fsp3) is 0.250. The topological polar surface area (TPSA) is 87.9 Å².